The highest BCUT2D eigenvalue weighted by molar-refractivity contribution is 7.95. The van der Waals surface area contributed by atoms with Gasteiger partial charge in [-0.25, -0.2) is 33.3 Å². The Hall–Kier alpha value is -4.01. The van der Waals surface area contributed by atoms with Crippen LogP contribution in [0.1, 0.15) is 51.5 Å². The molecule has 0 aromatic carbocycles. The molecule has 0 bridgehead atoms. The van der Waals surface area contributed by atoms with Crippen molar-refractivity contribution in [1.29, 1.82) is 0 Å². The molecular formula is C25H29F3N8O3S. The van der Waals surface area contributed by atoms with Crippen LogP contribution in [0.2, 0.25) is 0 Å². The Morgan fingerprint density at radius 2 is 1.90 bits per heavy atom. The van der Waals surface area contributed by atoms with Crippen LogP contribution in [-0.2, 0) is 16.0 Å². The van der Waals surface area contributed by atoms with Gasteiger partial charge in [0.05, 0.1) is 35.4 Å². The molecule has 40 heavy (non-hydrogen) atoms. The quantitative estimate of drug-likeness (QED) is 0.275. The number of aromatic nitrogens is 6. The topological polar surface area (TPSA) is 145 Å². The van der Waals surface area contributed by atoms with E-state index in [1.54, 1.807) is 6.92 Å². The number of hydrogen-bond donors (Lipinski definition) is 1. The molecule has 1 atom stereocenters. The number of anilines is 1. The summed E-state index contributed by atoms with van der Waals surface area (Å²) in [6.07, 6.45) is 0.650. The number of halogens is 3. The van der Waals surface area contributed by atoms with Crippen molar-refractivity contribution in [2.24, 2.45) is 4.99 Å². The van der Waals surface area contributed by atoms with Crippen molar-refractivity contribution in [2.75, 3.05) is 17.6 Å². The van der Waals surface area contributed by atoms with E-state index in [9.17, 15) is 26.4 Å². The van der Waals surface area contributed by atoms with Gasteiger partial charge in [0.1, 0.15) is 11.8 Å². The molecule has 0 aliphatic carbocycles. The number of sulfone groups is 1. The van der Waals surface area contributed by atoms with Crippen LogP contribution >= 0.6 is 0 Å². The minimum Gasteiger partial charge on any atom is -0.360 e. The molecule has 214 valence electrons. The lowest BCUT2D eigenvalue weighted by Crippen LogP contribution is -2.29. The fraction of sp³-hybridized carbons (Fsp3) is 0.400. The number of nitrogens with one attached hydrogen (secondary N) is 1. The first-order chi connectivity index (χ1) is 18.7. The van der Waals surface area contributed by atoms with Gasteiger partial charge in [-0.1, -0.05) is 13.8 Å². The van der Waals surface area contributed by atoms with Crippen LogP contribution in [0, 0.1) is 6.92 Å². The maximum atomic E-state index is 13.7. The van der Waals surface area contributed by atoms with Gasteiger partial charge in [0.2, 0.25) is 0 Å². The Balaban J connectivity index is 2.12. The van der Waals surface area contributed by atoms with Gasteiger partial charge < -0.3 is 5.32 Å². The van der Waals surface area contributed by atoms with Crippen molar-refractivity contribution in [1.82, 2.24) is 29.5 Å². The van der Waals surface area contributed by atoms with Crippen LogP contribution in [0.3, 0.4) is 0 Å². The van der Waals surface area contributed by atoms with E-state index in [4.69, 9.17) is 0 Å². The number of alkyl halides is 3. The number of rotatable bonds is 10. The fourth-order valence-electron chi connectivity index (χ4n) is 3.67. The number of allylic oxidation sites excluding steroid dienone is 3. The standard InChI is InChI=1S/C25H29F3N8O3S/c1-7-14(3)36-23-18(12-31-21(35-23)19-16(5)32-13-33-20(19)25(26,27)28)34-22(24(36)37)30-11-17(29-6)10-9-15(4)40(38,39)8-2/h9-10,12-14H,6-8,11H2,1-5H3,(H,30,34)/b15-9+,17-10-/t14-/m0/s1. The molecule has 0 saturated carbocycles. The summed E-state index contributed by atoms with van der Waals surface area (Å²) < 4.78 is 66.4. The first-order valence-electron chi connectivity index (χ1n) is 12.2. The molecule has 3 aromatic heterocycles. The van der Waals surface area contributed by atoms with E-state index < -0.39 is 33.3 Å². The zero-order valence-corrected chi connectivity index (χ0v) is 23.4. The zero-order chi connectivity index (χ0) is 29.8. The summed E-state index contributed by atoms with van der Waals surface area (Å²) in [5.41, 5.74) is -1.56. The van der Waals surface area contributed by atoms with Crippen molar-refractivity contribution < 1.29 is 21.6 Å². The fourth-order valence-corrected chi connectivity index (χ4v) is 4.40. The summed E-state index contributed by atoms with van der Waals surface area (Å²) >= 11 is 0. The molecule has 0 saturated heterocycles. The van der Waals surface area contributed by atoms with Gasteiger partial charge in [-0.05, 0) is 46.1 Å². The molecule has 0 unspecified atom stereocenters. The number of nitrogens with zero attached hydrogens (tertiary/aromatic N) is 7. The van der Waals surface area contributed by atoms with E-state index in [0.29, 0.717) is 12.1 Å². The first kappa shape index (κ1) is 30.5. The predicted molar refractivity (Wildman–Crippen MR) is 147 cm³/mol. The number of fused-ring (bicyclic) bond motifs is 1. The molecular weight excluding hydrogens is 549 g/mol. The summed E-state index contributed by atoms with van der Waals surface area (Å²) in [7, 11) is -3.37. The van der Waals surface area contributed by atoms with Gasteiger partial charge in [0.15, 0.2) is 32.8 Å². The Kier molecular flexibility index (Phi) is 9.18. The van der Waals surface area contributed by atoms with Gasteiger partial charge in [-0.2, -0.15) is 13.2 Å². The van der Waals surface area contributed by atoms with Crippen molar-refractivity contribution in [3.8, 4) is 11.4 Å². The molecule has 0 aliphatic heterocycles. The average molecular weight is 579 g/mol. The summed E-state index contributed by atoms with van der Waals surface area (Å²) in [6, 6.07) is -0.395. The third kappa shape index (κ3) is 6.41. The smallest absolute Gasteiger partial charge is 0.360 e. The second-order valence-corrected chi connectivity index (χ2v) is 11.3. The highest BCUT2D eigenvalue weighted by atomic mass is 32.2. The molecule has 0 spiro atoms. The maximum Gasteiger partial charge on any atom is 0.434 e. The van der Waals surface area contributed by atoms with Gasteiger partial charge in [0.25, 0.3) is 5.56 Å². The van der Waals surface area contributed by atoms with Gasteiger partial charge in [0, 0.05) is 10.9 Å². The monoisotopic (exact) mass is 578 g/mol. The summed E-state index contributed by atoms with van der Waals surface area (Å²) in [5.74, 6) is -0.412. The van der Waals surface area contributed by atoms with E-state index in [1.807, 2.05) is 6.92 Å². The van der Waals surface area contributed by atoms with E-state index in [1.165, 1.54) is 43.7 Å². The van der Waals surface area contributed by atoms with Crippen LogP contribution in [0.5, 0.6) is 0 Å². The molecule has 3 heterocycles. The van der Waals surface area contributed by atoms with Gasteiger partial charge in [-0.3, -0.25) is 14.4 Å². The van der Waals surface area contributed by atoms with Crippen LogP contribution in [-0.4, -0.2) is 56.9 Å². The largest absolute Gasteiger partial charge is 0.434 e. The SMILES string of the molecule is C=N/C(=C\C=C(/C)S(=O)(=O)CC)CNc1nc2cnc(-c3c(C)ncnc3C(F)(F)F)nc2n([C@@H](C)CC)c1=O. The van der Waals surface area contributed by atoms with E-state index in [2.05, 4.69) is 41.9 Å². The van der Waals surface area contributed by atoms with Crippen LogP contribution < -0.4 is 10.9 Å². The molecule has 0 radical (unpaired) electrons. The lowest BCUT2D eigenvalue weighted by atomic mass is 10.1. The van der Waals surface area contributed by atoms with E-state index in [-0.39, 0.29) is 51.3 Å². The Bertz CT molecular complexity index is 1660. The van der Waals surface area contributed by atoms with Crippen molar-refractivity contribution in [2.45, 2.75) is 53.3 Å². The summed E-state index contributed by atoms with van der Waals surface area (Å²) in [4.78, 5) is 37.5. The maximum absolute atomic E-state index is 13.7. The normalized spacial score (nSPS) is 13.9. The lowest BCUT2D eigenvalue weighted by Gasteiger charge is -2.18. The van der Waals surface area contributed by atoms with E-state index >= 15 is 0 Å². The summed E-state index contributed by atoms with van der Waals surface area (Å²) in [5, 5.41) is 2.89. The van der Waals surface area contributed by atoms with E-state index in [0.717, 1.165) is 6.33 Å². The summed E-state index contributed by atoms with van der Waals surface area (Å²) in [6.45, 7) is 11.5. The van der Waals surface area contributed by atoms with Crippen molar-refractivity contribution >= 4 is 33.5 Å². The molecule has 0 amide bonds. The highest BCUT2D eigenvalue weighted by Gasteiger charge is 2.37. The highest BCUT2D eigenvalue weighted by Crippen LogP contribution is 2.35. The Morgan fingerprint density at radius 1 is 1.20 bits per heavy atom. The number of hydrogen-bond acceptors (Lipinski definition) is 10. The third-order valence-electron chi connectivity index (χ3n) is 6.21. The minimum absolute atomic E-state index is 0.0118. The molecule has 1 N–H and O–H groups in total. The van der Waals surface area contributed by atoms with Crippen molar-refractivity contribution in [3.63, 3.8) is 0 Å². The van der Waals surface area contributed by atoms with Crippen LogP contribution in [0.4, 0.5) is 19.0 Å². The Labute approximate surface area is 229 Å². The Morgan fingerprint density at radius 3 is 2.50 bits per heavy atom. The second kappa shape index (κ2) is 12.0. The molecule has 3 rings (SSSR count). The third-order valence-corrected chi connectivity index (χ3v) is 8.09. The molecule has 15 heteroatoms. The van der Waals surface area contributed by atoms with Gasteiger partial charge >= 0.3 is 6.18 Å². The molecule has 11 nitrogen and oxygen atoms in total. The first-order valence-corrected chi connectivity index (χ1v) is 13.9. The van der Waals surface area contributed by atoms with Crippen LogP contribution in [0.15, 0.2) is 45.1 Å². The van der Waals surface area contributed by atoms with Crippen LogP contribution in [0.25, 0.3) is 22.6 Å². The average Bonchev–Trinajstić information content (AvgIpc) is 2.91. The number of aliphatic imine (C=N–C) groups is 1. The predicted octanol–water partition coefficient (Wildman–Crippen LogP) is 4.28. The zero-order valence-electron chi connectivity index (χ0n) is 22.6. The minimum atomic E-state index is -4.78. The molecule has 3 aromatic rings. The molecule has 0 aliphatic rings. The number of aryl methyl sites for hydroxylation is 1. The van der Waals surface area contributed by atoms with Crippen molar-refractivity contribution in [3.05, 3.63) is 57.0 Å². The van der Waals surface area contributed by atoms with Gasteiger partial charge in [-0.15, -0.1) is 0 Å². The molecule has 0 fully saturated rings. The second-order valence-electron chi connectivity index (χ2n) is 8.83. The lowest BCUT2D eigenvalue weighted by molar-refractivity contribution is -0.140.